The van der Waals surface area contributed by atoms with E-state index in [4.69, 9.17) is 7.16 Å². The van der Waals surface area contributed by atoms with Crippen molar-refractivity contribution in [3.63, 3.8) is 0 Å². The zero-order valence-corrected chi connectivity index (χ0v) is 5.04. The number of primary amides is 1. The van der Waals surface area contributed by atoms with E-state index in [0.29, 0.717) is 13.0 Å². The molecular formula is C5H10N2O2. The Bertz CT molecular complexity index is 142. The zero-order valence-electron chi connectivity index (χ0n) is 6.04. The molecule has 1 atom stereocenters. The Morgan fingerprint density at radius 1 is 2.00 bits per heavy atom. The molecule has 4 heteroatoms. The SMILES string of the molecule is [2H]ON1CCC[C@H]1C(N)=O. The minimum Gasteiger partial charge on any atom is -0.368 e. The second-order valence-corrected chi connectivity index (χ2v) is 2.20. The molecule has 1 aliphatic heterocycles. The van der Waals surface area contributed by atoms with Gasteiger partial charge in [0.2, 0.25) is 7.34 Å². The first-order valence-corrected chi connectivity index (χ1v) is 2.95. The number of nitrogens with two attached hydrogens (primary N) is 1. The lowest BCUT2D eigenvalue weighted by atomic mass is 10.2. The second-order valence-electron chi connectivity index (χ2n) is 2.20. The summed E-state index contributed by atoms with van der Waals surface area (Å²) in [5, 5.41) is 5.46. The van der Waals surface area contributed by atoms with Gasteiger partial charge in [0, 0.05) is 6.54 Å². The molecule has 0 aromatic rings. The summed E-state index contributed by atoms with van der Waals surface area (Å²) in [5.74, 6) is -0.412. The number of nitrogens with zero attached hydrogens (tertiary/aromatic N) is 1. The van der Waals surface area contributed by atoms with Gasteiger partial charge in [-0.2, -0.15) is 5.06 Å². The summed E-state index contributed by atoms with van der Waals surface area (Å²) in [4.78, 5) is 10.6. The normalized spacial score (nSPS) is 30.2. The Kier molecular flexibility index (Phi) is 1.34. The fourth-order valence-electron chi connectivity index (χ4n) is 1.02. The Morgan fingerprint density at radius 3 is 3.22 bits per heavy atom. The molecule has 0 radical (unpaired) electrons. The lowest BCUT2D eigenvalue weighted by Crippen LogP contribution is -2.38. The molecule has 9 heavy (non-hydrogen) atoms. The van der Waals surface area contributed by atoms with Crippen LogP contribution in [0.4, 0.5) is 0 Å². The van der Waals surface area contributed by atoms with E-state index in [1.54, 1.807) is 0 Å². The van der Waals surface area contributed by atoms with Crippen LogP contribution < -0.4 is 5.73 Å². The van der Waals surface area contributed by atoms with Gasteiger partial charge in [-0.25, -0.2) is 0 Å². The van der Waals surface area contributed by atoms with Gasteiger partial charge in [0.1, 0.15) is 6.04 Å². The van der Waals surface area contributed by atoms with Crippen LogP contribution in [-0.2, 0) is 4.79 Å². The Morgan fingerprint density at radius 2 is 2.78 bits per heavy atom. The van der Waals surface area contributed by atoms with Crippen LogP contribution in [-0.4, -0.2) is 28.8 Å². The van der Waals surface area contributed by atoms with Crippen molar-refractivity contribution in [1.29, 1.82) is 0 Å². The first-order valence-electron chi connectivity index (χ1n) is 3.35. The molecule has 3 N–H and O–H groups in total. The van der Waals surface area contributed by atoms with Crippen molar-refractivity contribution in [2.45, 2.75) is 18.9 Å². The molecule has 1 saturated heterocycles. The largest absolute Gasteiger partial charge is 0.368 e. The maximum atomic E-state index is 10.6. The molecule has 0 bridgehead atoms. The predicted molar refractivity (Wildman–Crippen MR) is 30.7 cm³/mol. The molecule has 1 rings (SSSR count). The van der Waals surface area contributed by atoms with Crippen molar-refractivity contribution >= 4 is 5.91 Å². The van der Waals surface area contributed by atoms with Gasteiger partial charge < -0.3 is 10.9 Å². The lowest BCUT2D eigenvalue weighted by molar-refractivity contribution is -0.142. The fraction of sp³-hybridized carbons (Fsp3) is 0.800. The van der Waals surface area contributed by atoms with Crippen LogP contribution in [0.3, 0.4) is 0 Å². The van der Waals surface area contributed by atoms with Crippen LogP contribution in [0.2, 0.25) is 1.43 Å². The van der Waals surface area contributed by atoms with Gasteiger partial charge in [-0.05, 0) is 12.8 Å². The number of carbonyl (C=O) groups is 1. The van der Waals surface area contributed by atoms with Crippen LogP contribution in [0.1, 0.15) is 12.8 Å². The summed E-state index contributed by atoms with van der Waals surface area (Å²) in [6.07, 6.45) is 1.57. The van der Waals surface area contributed by atoms with Crippen molar-refractivity contribution in [2.24, 2.45) is 5.73 Å². The first-order chi connectivity index (χ1) is 4.75. The summed E-state index contributed by atoms with van der Waals surface area (Å²) in [5.41, 5.74) is 5.02. The van der Waals surface area contributed by atoms with E-state index >= 15 is 0 Å². The van der Waals surface area contributed by atoms with E-state index in [9.17, 15) is 4.79 Å². The summed E-state index contributed by atoms with van der Waals surface area (Å²) < 4.78 is 6.54. The first kappa shape index (κ1) is 5.20. The maximum Gasteiger partial charge on any atom is 0.238 e. The number of amides is 1. The zero-order chi connectivity index (χ0) is 7.56. The van der Waals surface area contributed by atoms with Gasteiger partial charge in [0.25, 0.3) is 0 Å². The van der Waals surface area contributed by atoms with Crippen LogP contribution >= 0.6 is 0 Å². The molecule has 0 saturated carbocycles. The van der Waals surface area contributed by atoms with Crippen molar-refractivity contribution < 1.29 is 11.4 Å². The van der Waals surface area contributed by atoms with Crippen molar-refractivity contribution in [3.05, 3.63) is 0 Å². The van der Waals surface area contributed by atoms with E-state index in [-0.39, 0.29) is 0 Å². The third kappa shape index (κ3) is 1.20. The number of hydrogen-bond acceptors (Lipinski definition) is 3. The topological polar surface area (TPSA) is 66.6 Å². The van der Waals surface area contributed by atoms with Crippen molar-refractivity contribution in [2.75, 3.05) is 6.54 Å². The van der Waals surface area contributed by atoms with Gasteiger partial charge >= 0.3 is 0 Å². The third-order valence-corrected chi connectivity index (χ3v) is 1.53. The van der Waals surface area contributed by atoms with Gasteiger partial charge in [-0.15, -0.1) is 0 Å². The lowest BCUT2D eigenvalue weighted by Gasteiger charge is -2.12. The quantitative estimate of drug-likeness (QED) is 0.522. The van der Waals surface area contributed by atoms with Gasteiger partial charge in [0.05, 0.1) is 0 Å². The van der Waals surface area contributed by atoms with Gasteiger partial charge in [0.15, 0.2) is 0 Å². The average Bonchev–Trinajstić information content (AvgIpc) is 2.33. The number of hydroxylamine groups is 2. The Hall–Kier alpha value is -0.610. The maximum absolute atomic E-state index is 10.6. The summed E-state index contributed by atoms with van der Waals surface area (Å²) in [6, 6.07) is -0.391. The smallest absolute Gasteiger partial charge is 0.238 e. The highest BCUT2D eigenvalue weighted by molar-refractivity contribution is 5.79. The van der Waals surface area contributed by atoms with Crippen molar-refractivity contribution in [3.8, 4) is 0 Å². The third-order valence-electron chi connectivity index (χ3n) is 1.53. The van der Waals surface area contributed by atoms with E-state index in [1.807, 2.05) is 0 Å². The highest BCUT2D eigenvalue weighted by Crippen LogP contribution is 2.12. The van der Waals surface area contributed by atoms with E-state index in [0.717, 1.165) is 6.42 Å². The molecule has 1 fully saturated rings. The Balaban J connectivity index is 2.50. The molecule has 1 amide bonds. The molecule has 0 aliphatic carbocycles. The minimum absolute atomic E-state index is 0.391. The van der Waals surface area contributed by atoms with E-state index in [2.05, 4.69) is 5.21 Å². The summed E-state index contributed by atoms with van der Waals surface area (Å²) in [7, 11) is 0. The van der Waals surface area contributed by atoms with Crippen LogP contribution in [0.5, 0.6) is 0 Å². The standard InChI is InChI=1S/C5H10N2O2/c6-5(8)4-2-1-3-7(4)9/h4,9H,1-3H2,(H2,6,8)/t4-/m0/s1/i9D. The number of rotatable bonds is 2. The van der Waals surface area contributed by atoms with Crippen molar-refractivity contribution in [1.82, 2.24) is 5.06 Å². The molecule has 0 aromatic carbocycles. The molecule has 1 heterocycles. The average molecular weight is 131 g/mol. The number of carbonyl (C=O) groups excluding carboxylic acids is 1. The number of hydrogen-bond donors (Lipinski definition) is 2. The molecule has 0 aromatic heterocycles. The van der Waals surface area contributed by atoms with E-state index < -0.39 is 11.9 Å². The molecule has 0 spiro atoms. The molecular weight excluding hydrogens is 120 g/mol. The monoisotopic (exact) mass is 131 g/mol. The van der Waals surface area contributed by atoms with Crippen LogP contribution in [0.15, 0.2) is 0 Å². The predicted octanol–water partition coefficient (Wildman–Crippen LogP) is -0.675. The van der Waals surface area contributed by atoms with Gasteiger partial charge in [-0.1, -0.05) is 0 Å². The summed E-state index contributed by atoms with van der Waals surface area (Å²) in [6.45, 7) is 0.622. The molecule has 4 nitrogen and oxygen atoms in total. The molecule has 52 valence electrons. The van der Waals surface area contributed by atoms with E-state index in [1.165, 1.54) is 5.06 Å². The highest BCUT2D eigenvalue weighted by atomic mass is 16.5. The summed E-state index contributed by atoms with van der Waals surface area (Å²) >= 11 is 0. The minimum atomic E-state index is -0.412. The second kappa shape index (κ2) is 2.33. The Labute approximate surface area is 54.7 Å². The van der Waals surface area contributed by atoms with Gasteiger partial charge in [-0.3, -0.25) is 4.79 Å². The van der Waals surface area contributed by atoms with Crippen LogP contribution in [0, 0.1) is 0 Å². The molecule has 1 aliphatic rings. The fourth-order valence-corrected chi connectivity index (χ4v) is 1.02. The highest BCUT2D eigenvalue weighted by Gasteiger charge is 2.27. The van der Waals surface area contributed by atoms with Crippen LogP contribution in [0.25, 0.3) is 0 Å². The molecule has 0 unspecified atom stereocenters.